The molecule has 4 amide bonds. The predicted octanol–water partition coefficient (Wildman–Crippen LogP) is 1.67. The minimum atomic E-state index is -1.37. The molecule has 2 unspecified atom stereocenters. The third-order valence-corrected chi connectivity index (χ3v) is 10.2. The molecule has 0 heterocycles. The number of carbonyl (C=O) groups is 9. The number of unbranched alkanes of at least 4 members (excludes halogenated alkanes) is 2. The molecule has 2 rings (SSSR count). The van der Waals surface area contributed by atoms with Crippen molar-refractivity contribution in [2.24, 2.45) is 0 Å². The fourth-order valence-corrected chi connectivity index (χ4v) is 6.67. The smallest absolute Gasteiger partial charge is 0.326 e. The number of aromatic hydroxyl groups is 2. The van der Waals surface area contributed by atoms with Gasteiger partial charge in [-0.1, -0.05) is 30.7 Å². The number of carboxylic acids is 5. The van der Waals surface area contributed by atoms with Gasteiger partial charge in [0.25, 0.3) is 0 Å². The molecule has 0 saturated carbocycles. The van der Waals surface area contributed by atoms with Crippen LogP contribution in [0.5, 0.6) is 11.5 Å². The number of nitrogens with one attached hydrogen (secondary N) is 4. The molecule has 2 atom stereocenters. The number of carbonyl (C=O) groups excluding carboxylic acids is 4. The molecule has 0 aliphatic heterocycles. The highest BCUT2D eigenvalue weighted by atomic mass is 16.4. The van der Waals surface area contributed by atoms with Crippen molar-refractivity contribution in [3.63, 3.8) is 0 Å². The van der Waals surface area contributed by atoms with Crippen LogP contribution in [0.2, 0.25) is 0 Å². The van der Waals surface area contributed by atoms with Crippen molar-refractivity contribution in [1.29, 1.82) is 0 Å². The highest BCUT2D eigenvalue weighted by Crippen LogP contribution is 2.23. The monoisotopic (exact) mass is 930 g/mol. The van der Waals surface area contributed by atoms with Crippen molar-refractivity contribution in [2.45, 2.75) is 109 Å². The Bertz CT molecular complexity index is 2000. The first kappa shape index (κ1) is 55.3. The standard InChI is InChI=1S/C44H62N6O16/c1-28(51)8-13-34(43(64)65)48-44(66)47-33(42(62)63)6-5-19-46-37(54)7-3-2-4-18-45-38(55)16-11-29-9-14-35(52)31(22-29)24-49(26-40(58)59)20-21-50(27-41(60)61)25-32-23-30(10-15-36(32)53)12-17-39(56)57/h9-10,14-15,22-23,33-34,52-53H,2-8,11-13,16-21,24-27H2,1H3,(H,45,55)(H,46,54)(H,56,57)(H,58,59)(H,60,61)(H,62,63)(H,64,65)(H2,47,48,66). The Hall–Kier alpha value is -6.81. The zero-order valence-corrected chi connectivity index (χ0v) is 37.0. The summed E-state index contributed by atoms with van der Waals surface area (Å²) in [6.45, 7) is 1.01. The second-order valence-corrected chi connectivity index (χ2v) is 15.8. The van der Waals surface area contributed by atoms with Crippen molar-refractivity contribution in [1.82, 2.24) is 31.1 Å². The van der Waals surface area contributed by atoms with Crippen LogP contribution in [-0.2, 0) is 64.3 Å². The summed E-state index contributed by atoms with van der Waals surface area (Å²) < 4.78 is 0. The van der Waals surface area contributed by atoms with E-state index in [0.717, 1.165) is 0 Å². The number of Topliss-reactive ketones (excluding diaryl/α,β-unsaturated/α-hetero) is 1. The highest BCUT2D eigenvalue weighted by Gasteiger charge is 2.25. The van der Waals surface area contributed by atoms with Crippen LogP contribution in [0.25, 0.3) is 0 Å². The molecule has 0 saturated heterocycles. The topological polar surface area (TPSA) is 350 Å². The van der Waals surface area contributed by atoms with Gasteiger partial charge in [0.05, 0.1) is 13.1 Å². The molecule has 2 aromatic carbocycles. The van der Waals surface area contributed by atoms with E-state index >= 15 is 0 Å². The first-order valence-corrected chi connectivity index (χ1v) is 21.5. The van der Waals surface area contributed by atoms with E-state index in [1.807, 2.05) is 0 Å². The number of ketones is 1. The maximum atomic E-state index is 12.6. The van der Waals surface area contributed by atoms with Crippen molar-refractivity contribution >= 4 is 53.5 Å². The number of urea groups is 1. The molecule has 364 valence electrons. The van der Waals surface area contributed by atoms with Crippen LogP contribution in [0, 0.1) is 0 Å². The second kappa shape index (κ2) is 29.6. The molecule has 66 heavy (non-hydrogen) atoms. The van der Waals surface area contributed by atoms with E-state index in [0.29, 0.717) is 54.5 Å². The van der Waals surface area contributed by atoms with Gasteiger partial charge < -0.3 is 61.8 Å². The van der Waals surface area contributed by atoms with E-state index in [2.05, 4.69) is 21.3 Å². The molecule has 22 nitrogen and oxygen atoms in total. The lowest BCUT2D eigenvalue weighted by molar-refractivity contribution is -0.140. The van der Waals surface area contributed by atoms with Crippen molar-refractivity contribution in [3.05, 3.63) is 58.7 Å². The Morgan fingerprint density at radius 2 is 1.02 bits per heavy atom. The lowest BCUT2D eigenvalue weighted by Crippen LogP contribution is -2.51. The number of rotatable bonds is 34. The molecule has 0 radical (unpaired) electrons. The van der Waals surface area contributed by atoms with E-state index in [9.17, 15) is 73.8 Å². The summed E-state index contributed by atoms with van der Waals surface area (Å²) in [4.78, 5) is 109. The van der Waals surface area contributed by atoms with Crippen LogP contribution in [0.4, 0.5) is 4.79 Å². The zero-order chi connectivity index (χ0) is 49.2. The molecule has 0 spiro atoms. The Kier molecular flexibility index (Phi) is 24.8. The minimum Gasteiger partial charge on any atom is -0.508 e. The second-order valence-electron chi connectivity index (χ2n) is 15.8. The number of amides is 4. The summed E-state index contributed by atoms with van der Waals surface area (Å²) in [6.07, 6.45) is 2.37. The van der Waals surface area contributed by atoms with Crippen LogP contribution in [0.1, 0.15) is 93.4 Å². The number of carboxylic acid groups (broad SMARTS) is 5. The Morgan fingerprint density at radius 3 is 1.48 bits per heavy atom. The lowest BCUT2D eigenvalue weighted by Gasteiger charge is -2.26. The largest absolute Gasteiger partial charge is 0.508 e. The molecular formula is C44H62N6O16. The van der Waals surface area contributed by atoms with E-state index in [1.54, 1.807) is 24.3 Å². The zero-order valence-electron chi connectivity index (χ0n) is 37.0. The summed E-state index contributed by atoms with van der Waals surface area (Å²) in [7, 11) is 0. The van der Waals surface area contributed by atoms with Crippen LogP contribution in [0.15, 0.2) is 36.4 Å². The first-order valence-electron chi connectivity index (χ1n) is 21.5. The number of hydrogen-bond donors (Lipinski definition) is 11. The van der Waals surface area contributed by atoms with E-state index in [4.69, 9.17) is 5.11 Å². The van der Waals surface area contributed by atoms with Gasteiger partial charge in [0, 0.05) is 76.1 Å². The highest BCUT2D eigenvalue weighted by molar-refractivity contribution is 5.86. The SMILES string of the molecule is CC(=O)CCC(NC(=O)NC(CCCNC(=O)CCCCCNC(=O)CCc1ccc(O)c(CN(CCN(CC(=O)O)Cc2cc(CCC(=O)O)ccc2O)CC(=O)O)c1)C(=O)O)C(=O)O. The third-order valence-electron chi connectivity index (χ3n) is 10.2. The number of phenolic OH excluding ortho intramolecular Hbond substituents is 2. The average molecular weight is 931 g/mol. The molecule has 0 fully saturated rings. The molecule has 0 aliphatic rings. The maximum absolute atomic E-state index is 12.6. The number of aliphatic carboxylic acids is 5. The molecule has 0 aliphatic carbocycles. The van der Waals surface area contributed by atoms with Gasteiger partial charge in [-0.05, 0) is 75.1 Å². The van der Waals surface area contributed by atoms with Crippen LogP contribution in [0.3, 0.4) is 0 Å². The average Bonchev–Trinajstić information content (AvgIpc) is 3.23. The molecule has 0 aromatic heterocycles. The van der Waals surface area contributed by atoms with Gasteiger partial charge in [0.2, 0.25) is 11.8 Å². The van der Waals surface area contributed by atoms with Crippen molar-refractivity contribution in [3.8, 4) is 11.5 Å². The van der Waals surface area contributed by atoms with Crippen LogP contribution in [-0.4, -0.2) is 150 Å². The van der Waals surface area contributed by atoms with Crippen molar-refractivity contribution < 1.29 is 78.9 Å². The number of nitrogens with zero attached hydrogens (tertiary/aromatic N) is 2. The quantitative estimate of drug-likeness (QED) is 0.0445. The summed E-state index contributed by atoms with van der Waals surface area (Å²) in [5, 5.41) is 77.8. The minimum absolute atomic E-state index is 0.0148. The summed E-state index contributed by atoms with van der Waals surface area (Å²) in [6, 6.07) is 5.61. The first-order chi connectivity index (χ1) is 31.2. The number of phenols is 2. The van der Waals surface area contributed by atoms with Gasteiger partial charge in [-0.25, -0.2) is 14.4 Å². The molecule has 2 aromatic rings. The van der Waals surface area contributed by atoms with Gasteiger partial charge in [-0.2, -0.15) is 0 Å². The van der Waals surface area contributed by atoms with Gasteiger partial charge in [-0.3, -0.25) is 33.8 Å². The number of hydrogen-bond acceptors (Lipinski definition) is 13. The van der Waals surface area contributed by atoms with Crippen LogP contribution >= 0.6 is 0 Å². The fraction of sp³-hybridized carbons (Fsp3) is 0.523. The fourth-order valence-electron chi connectivity index (χ4n) is 6.67. The molecule has 22 heteroatoms. The summed E-state index contributed by atoms with van der Waals surface area (Å²) >= 11 is 0. The summed E-state index contributed by atoms with van der Waals surface area (Å²) in [5.74, 6) is -6.98. The van der Waals surface area contributed by atoms with Gasteiger partial charge in [0.15, 0.2) is 0 Å². The predicted molar refractivity (Wildman–Crippen MR) is 234 cm³/mol. The summed E-state index contributed by atoms with van der Waals surface area (Å²) in [5.41, 5.74) is 2.12. The lowest BCUT2D eigenvalue weighted by atomic mass is 10.0. The van der Waals surface area contributed by atoms with Crippen molar-refractivity contribution in [2.75, 3.05) is 39.3 Å². The van der Waals surface area contributed by atoms with Gasteiger partial charge in [-0.15, -0.1) is 0 Å². The van der Waals surface area contributed by atoms with Gasteiger partial charge in [0.1, 0.15) is 29.4 Å². The van der Waals surface area contributed by atoms with E-state index in [1.165, 1.54) is 28.9 Å². The van der Waals surface area contributed by atoms with Gasteiger partial charge >= 0.3 is 35.9 Å². The van der Waals surface area contributed by atoms with E-state index < -0.39 is 61.1 Å². The Balaban J connectivity index is 1.77. The number of aryl methyl sites for hydroxylation is 2. The molecule has 0 bridgehead atoms. The number of benzene rings is 2. The van der Waals surface area contributed by atoms with Crippen LogP contribution < -0.4 is 21.3 Å². The molecule has 11 N–H and O–H groups in total. The Morgan fingerprint density at radius 1 is 0.545 bits per heavy atom. The molecular weight excluding hydrogens is 869 g/mol. The third kappa shape index (κ3) is 23.8. The Labute approximate surface area is 381 Å². The van der Waals surface area contributed by atoms with E-state index in [-0.39, 0.29) is 113 Å². The normalized spacial score (nSPS) is 11.9. The maximum Gasteiger partial charge on any atom is 0.326 e.